The van der Waals surface area contributed by atoms with Crippen molar-refractivity contribution < 1.29 is 19.1 Å². The molecule has 0 saturated heterocycles. The zero-order valence-corrected chi connectivity index (χ0v) is 14.9. The molecule has 0 unspecified atom stereocenters. The summed E-state index contributed by atoms with van der Waals surface area (Å²) < 4.78 is 10.9. The number of hydrogen-bond donors (Lipinski definition) is 2. The number of carbonyl (C=O) groups is 2. The van der Waals surface area contributed by atoms with E-state index in [9.17, 15) is 9.59 Å². The van der Waals surface area contributed by atoms with Crippen molar-refractivity contribution in [3.05, 3.63) is 60.2 Å². The molecule has 2 amide bonds. The maximum Gasteiger partial charge on any atom is 0.276 e. The van der Waals surface area contributed by atoms with Gasteiger partial charge in [-0.2, -0.15) is 0 Å². The molecule has 2 rings (SSSR count). The van der Waals surface area contributed by atoms with Gasteiger partial charge < -0.3 is 9.47 Å². The fourth-order valence-electron chi connectivity index (χ4n) is 2.15. The van der Waals surface area contributed by atoms with Crippen molar-refractivity contribution in [1.82, 2.24) is 10.9 Å². The van der Waals surface area contributed by atoms with Crippen LogP contribution in [-0.2, 0) is 16.0 Å². The second-order valence-electron chi connectivity index (χ2n) is 5.65. The van der Waals surface area contributed by atoms with Crippen LogP contribution in [0, 0.1) is 0 Å². The first-order valence-corrected chi connectivity index (χ1v) is 8.64. The van der Waals surface area contributed by atoms with Crippen molar-refractivity contribution in [2.45, 2.75) is 26.2 Å². The Labute approximate surface area is 153 Å². The summed E-state index contributed by atoms with van der Waals surface area (Å²) in [5, 5.41) is 0. The number of amides is 2. The molecule has 0 atom stereocenters. The van der Waals surface area contributed by atoms with E-state index < -0.39 is 5.91 Å². The van der Waals surface area contributed by atoms with Crippen molar-refractivity contribution in [1.29, 1.82) is 0 Å². The highest BCUT2D eigenvalue weighted by Gasteiger charge is 2.06. The third-order valence-corrected chi connectivity index (χ3v) is 3.60. The first-order chi connectivity index (χ1) is 12.7. The van der Waals surface area contributed by atoms with Gasteiger partial charge in [-0.15, -0.1) is 0 Å². The highest BCUT2D eigenvalue weighted by atomic mass is 16.5. The van der Waals surface area contributed by atoms with E-state index in [0.717, 1.165) is 12.2 Å². The monoisotopic (exact) mass is 356 g/mol. The molecule has 0 radical (unpaired) electrons. The van der Waals surface area contributed by atoms with Gasteiger partial charge in [0.1, 0.15) is 11.5 Å². The quantitative estimate of drug-likeness (QED) is 0.535. The Hall–Kier alpha value is -3.02. The molecule has 0 aliphatic heterocycles. The van der Waals surface area contributed by atoms with Gasteiger partial charge >= 0.3 is 0 Å². The number of para-hydroxylation sites is 1. The fraction of sp³-hybridized carbons (Fsp3) is 0.300. The van der Waals surface area contributed by atoms with Gasteiger partial charge in [-0.3, -0.25) is 20.4 Å². The van der Waals surface area contributed by atoms with Gasteiger partial charge in [0.05, 0.1) is 6.61 Å². The number of hydrazine groups is 1. The maximum atomic E-state index is 11.7. The van der Waals surface area contributed by atoms with Crippen LogP contribution in [0.5, 0.6) is 11.5 Å². The van der Waals surface area contributed by atoms with Gasteiger partial charge in [-0.05, 0) is 42.7 Å². The average Bonchev–Trinajstić information content (AvgIpc) is 2.69. The van der Waals surface area contributed by atoms with Crippen LogP contribution in [0.15, 0.2) is 54.6 Å². The van der Waals surface area contributed by atoms with Crippen LogP contribution >= 0.6 is 0 Å². The summed E-state index contributed by atoms with van der Waals surface area (Å²) in [6.07, 6.45) is 1.76. The third-order valence-electron chi connectivity index (χ3n) is 3.60. The summed E-state index contributed by atoms with van der Waals surface area (Å²) in [6.45, 7) is 2.34. The van der Waals surface area contributed by atoms with E-state index in [-0.39, 0.29) is 18.9 Å². The molecule has 2 aromatic carbocycles. The van der Waals surface area contributed by atoms with Crippen LogP contribution in [0.3, 0.4) is 0 Å². The standard InChI is InChI=1S/C20H24N2O4/c1-2-16-10-12-18(13-11-16)26-15-20(24)22-21-19(23)9-6-14-25-17-7-4-3-5-8-17/h3-5,7-8,10-13H,2,6,9,14-15H2,1H3,(H,21,23)(H,22,24). The summed E-state index contributed by atoms with van der Waals surface area (Å²) in [5.74, 6) is 0.688. The lowest BCUT2D eigenvalue weighted by Gasteiger charge is -2.09. The minimum absolute atomic E-state index is 0.164. The third kappa shape index (κ3) is 7.25. The molecule has 138 valence electrons. The molecule has 0 heterocycles. The predicted molar refractivity (Wildman–Crippen MR) is 98.8 cm³/mol. The zero-order valence-electron chi connectivity index (χ0n) is 14.9. The van der Waals surface area contributed by atoms with Crippen LogP contribution in [0.1, 0.15) is 25.3 Å². The molecule has 2 N–H and O–H groups in total. The minimum atomic E-state index is -0.418. The molecule has 6 heteroatoms. The Morgan fingerprint density at radius 3 is 2.19 bits per heavy atom. The number of nitrogens with one attached hydrogen (secondary N) is 2. The van der Waals surface area contributed by atoms with E-state index in [0.29, 0.717) is 18.8 Å². The molecule has 0 saturated carbocycles. The van der Waals surface area contributed by atoms with E-state index in [2.05, 4.69) is 17.8 Å². The van der Waals surface area contributed by atoms with Crippen molar-refractivity contribution in [2.75, 3.05) is 13.2 Å². The number of ether oxygens (including phenoxy) is 2. The molecule has 0 spiro atoms. The van der Waals surface area contributed by atoms with Gasteiger partial charge in [0.2, 0.25) is 5.91 Å². The van der Waals surface area contributed by atoms with Gasteiger partial charge in [0.15, 0.2) is 6.61 Å². The first kappa shape index (κ1) is 19.3. The van der Waals surface area contributed by atoms with Crippen LogP contribution < -0.4 is 20.3 Å². The first-order valence-electron chi connectivity index (χ1n) is 8.64. The number of aryl methyl sites for hydroxylation is 1. The molecule has 2 aromatic rings. The van der Waals surface area contributed by atoms with E-state index >= 15 is 0 Å². The fourth-order valence-corrected chi connectivity index (χ4v) is 2.15. The highest BCUT2D eigenvalue weighted by molar-refractivity contribution is 5.82. The van der Waals surface area contributed by atoms with Crippen LogP contribution in [0.25, 0.3) is 0 Å². The van der Waals surface area contributed by atoms with Crippen molar-refractivity contribution >= 4 is 11.8 Å². The van der Waals surface area contributed by atoms with E-state index in [1.54, 1.807) is 0 Å². The molecule has 0 aliphatic rings. The van der Waals surface area contributed by atoms with Gasteiger partial charge in [0.25, 0.3) is 5.91 Å². The van der Waals surface area contributed by atoms with Crippen molar-refractivity contribution in [3.8, 4) is 11.5 Å². The number of carbonyl (C=O) groups excluding carboxylic acids is 2. The minimum Gasteiger partial charge on any atom is -0.494 e. The van der Waals surface area contributed by atoms with Crippen LogP contribution in [0.2, 0.25) is 0 Å². The normalized spacial score (nSPS) is 10.0. The molecule has 6 nitrogen and oxygen atoms in total. The van der Waals surface area contributed by atoms with Gasteiger partial charge in [0, 0.05) is 6.42 Å². The topological polar surface area (TPSA) is 76.7 Å². The number of rotatable bonds is 9. The van der Waals surface area contributed by atoms with Crippen LogP contribution in [0.4, 0.5) is 0 Å². The molecule has 0 fully saturated rings. The highest BCUT2D eigenvalue weighted by Crippen LogP contribution is 2.12. The molecule has 0 bridgehead atoms. The lowest BCUT2D eigenvalue weighted by Crippen LogP contribution is -2.43. The summed E-state index contributed by atoms with van der Waals surface area (Å²) in [6, 6.07) is 16.9. The average molecular weight is 356 g/mol. The van der Waals surface area contributed by atoms with E-state index in [1.165, 1.54) is 5.56 Å². The summed E-state index contributed by atoms with van der Waals surface area (Å²) in [4.78, 5) is 23.4. The molecular formula is C20H24N2O4. The number of hydrogen-bond acceptors (Lipinski definition) is 4. The smallest absolute Gasteiger partial charge is 0.276 e. The predicted octanol–water partition coefficient (Wildman–Crippen LogP) is 2.63. The largest absolute Gasteiger partial charge is 0.494 e. The second kappa shape index (κ2) is 10.8. The summed E-state index contributed by atoms with van der Waals surface area (Å²) in [7, 11) is 0. The van der Waals surface area contributed by atoms with Crippen molar-refractivity contribution in [2.24, 2.45) is 0 Å². The van der Waals surface area contributed by atoms with Crippen molar-refractivity contribution in [3.63, 3.8) is 0 Å². The number of benzene rings is 2. The lowest BCUT2D eigenvalue weighted by molar-refractivity contribution is -0.130. The van der Waals surface area contributed by atoms with Crippen LogP contribution in [-0.4, -0.2) is 25.0 Å². The Morgan fingerprint density at radius 2 is 1.50 bits per heavy atom. The molecular weight excluding hydrogens is 332 g/mol. The molecule has 0 aromatic heterocycles. The zero-order chi connectivity index (χ0) is 18.6. The second-order valence-corrected chi connectivity index (χ2v) is 5.65. The Kier molecular flexibility index (Phi) is 7.99. The molecule has 0 aliphatic carbocycles. The van der Waals surface area contributed by atoms with Gasteiger partial charge in [-0.1, -0.05) is 37.3 Å². The Morgan fingerprint density at radius 1 is 0.846 bits per heavy atom. The Balaban J connectivity index is 1.55. The maximum absolute atomic E-state index is 11.7. The SMILES string of the molecule is CCc1ccc(OCC(=O)NNC(=O)CCCOc2ccccc2)cc1. The molecule has 26 heavy (non-hydrogen) atoms. The van der Waals surface area contributed by atoms with E-state index in [1.807, 2.05) is 54.6 Å². The van der Waals surface area contributed by atoms with Gasteiger partial charge in [-0.25, -0.2) is 0 Å². The lowest BCUT2D eigenvalue weighted by atomic mass is 10.2. The summed E-state index contributed by atoms with van der Waals surface area (Å²) >= 11 is 0. The van der Waals surface area contributed by atoms with E-state index in [4.69, 9.17) is 9.47 Å². The summed E-state index contributed by atoms with van der Waals surface area (Å²) in [5.41, 5.74) is 5.89. The Bertz CT molecular complexity index is 687.